The standard InChI is InChI=1S/C25H25NO5/c1-3-17-9-10-21-20(13-24(28)31-22(21)11-17)15-30-25(29)19-12-23(27)26(14-19)16(2)18-7-5-4-6-8-18/h4-11,13,16,19H,3,12,14-15H2,1-2H3/t16-,19-/m1/s1. The second-order valence-electron chi connectivity index (χ2n) is 7.92. The van der Waals surface area contributed by atoms with Gasteiger partial charge in [-0.3, -0.25) is 9.59 Å². The molecule has 0 N–H and O–H groups in total. The molecule has 1 saturated heterocycles. The maximum Gasteiger partial charge on any atom is 0.336 e. The minimum atomic E-state index is -0.517. The monoisotopic (exact) mass is 419 g/mol. The molecule has 2 heterocycles. The van der Waals surface area contributed by atoms with Crippen molar-refractivity contribution in [1.29, 1.82) is 0 Å². The van der Waals surface area contributed by atoms with Crippen molar-refractivity contribution >= 4 is 22.8 Å². The predicted molar refractivity (Wildman–Crippen MR) is 116 cm³/mol. The number of rotatable bonds is 6. The van der Waals surface area contributed by atoms with Crippen LogP contribution in [0, 0.1) is 5.92 Å². The van der Waals surface area contributed by atoms with Gasteiger partial charge in [-0.1, -0.05) is 49.4 Å². The smallest absolute Gasteiger partial charge is 0.336 e. The number of amides is 1. The highest BCUT2D eigenvalue weighted by atomic mass is 16.5. The largest absolute Gasteiger partial charge is 0.461 e. The van der Waals surface area contributed by atoms with Crippen LogP contribution in [-0.4, -0.2) is 23.3 Å². The summed E-state index contributed by atoms with van der Waals surface area (Å²) in [6.45, 7) is 4.27. The summed E-state index contributed by atoms with van der Waals surface area (Å²) in [5.74, 6) is -1.00. The van der Waals surface area contributed by atoms with E-state index in [9.17, 15) is 14.4 Å². The number of carbonyl (C=O) groups is 2. The molecule has 0 bridgehead atoms. The van der Waals surface area contributed by atoms with Crippen LogP contribution >= 0.6 is 0 Å². The molecular formula is C25H25NO5. The molecule has 1 aromatic heterocycles. The molecule has 31 heavy (non-hydrogen) atoms. The third-order valence-electron chi connectivity index (χ3n) is 5.91. The van der Waals surface area contributed by atoms with Gasteiger partial charge < -0.3 is 14.1 Å². The molecule has 1 aliphatic heterocycles. The summed E-state index contributed by atoms with van der Waals surface area (Å²) in [7, 11) is 0. The van der Waals surface area contributed by atoms with Gasteiger partial charge in [-0.05, 0) is 30.5 Å². The van der Waals surface area contributed by atoms with Crippen molar-refractivity contribution in [1.82, 2.24) is 4.90 Å². The van der Waals surface area contributed by atoms with Crippen molar-refractivity contribution in [2.45, 2.75) is 39.3 Å². The van der Waals surface area contributed by atoms with Crippen molar-refractivity contribution in [3.63, 3.8) is 0 Å². The summed E-state index contributed by atoms with van der Waals surface area (Å²) in [6, 6.07) is 16.7. The predicted octanol–water partition coefficient (Wildman–Crippen LogP) is 4.01. The first-order chi connectivity index (χ1) is 15.0. The Labute approximate surface area is 180 Å². The highest BCUT2D eigenvalue weighted by Crippen LogP contribution is 2.29. The third-order valence-corrected chi connectivity index (χ3v) is 5.91. The number of aryl methyl sites for hydroxylation is 1. The number of likely N-dealkylation sites (tertiary alicyclic amines) is 1. The maximum absolute atomic E-state index is 12.7. The number of hydrogen-bond donors (Lipinski definition) is 0. The van der Waals surface area contributed by atoms with E-state index in [0.717, 1.165) is 22.9 Å². The zero-order chi connectivity index (χ0) is 22.0. The van der Waals surface area contributed by atoms with Crippen LogP contribution in [0.5, 0.6) is 0 Å². The Bertz CT molecular complexity index is 1170. The van der Waals surface area contributed by atoms with Crippen LogP contribution in [0.4, 0.5) is 0 Å². The lowest BCUT2D eigenvalue weighted by Crippen LogP contribution is -2.29. The Morgan fingerprint density at radius 1 is 1.16 bits per heavy atom. The number of fused-ring (bicyclic) bond motifs is 1. The average molecular weight is 419 g/mol. The first-order valence-electron chi connectivity index (χ1n) is 10.5. The van der Waals surface area contributed by atoms with Gasteiger partial charge in [-0.25, -0.2) is 4.79 Å². The first-order valence-corrected chi connectivity index (χ1v) is 10.5. The fourth-order valence-electron chi connectivity index (χ4n) is 4.06. The molecule has 1 fully saturated rings. The Morgan fingerprint density at radius 3 is 2.68 bits per heavy atom. The van der Waals surface area contributed by atoms with Crippen LogP contribution in [0.25, 0.3) is 11.0 Å². The molecule has 0 saturated carbocycles. The van der Waals surface area contributed by atoms with E-state index in [0.29, 0.717) is 17.7 Å². The second kappa shape index (κ2) is 8.76. The highest BCUT2D eigenvalue weighted by molar-refractivity contribution is 5.87. The molecule has 4 rings (SSSR count). The lowest BCUT2D eigenvalue weighted by atomic mass is 10.1. The minimum absolute atomic E-state index is 0.0364. The topological polar surface area (TPSA) is 76.8 Å². The Balaban J connectivity index is 1.45. The molecule has 6 nitrogen and oxygen atoms in total. The third kappa shape index (κ3) is 4.38. The lowest BCUT2D eigenvalue weighted by Gasteiger charge is -2.25. The van der Waals surface area contributed by atoms with Gasteiger partial charge in [-0.15, -0.1) is 0 Å². The van der Waals surface area contributed by atoms with Gasteiger partial charge in [0.15, 0.2) is 0 Å². The molecule has 0 spiro atoms. The van der Waals surface area contributed by atoms with Gasteiger partial charge in [0.05, 0.1) is 12.0 Å². The number of esters is 1. The van der Waals surface area contributed by atoms with Gasteiger partial charge in [0.1, 0.15) is 12.2 Å². The molecule has 0 aliphatic carbocycles. The van der Waals surface area contributed by atoms with Crippen molar-refractivity contribution in [3.05, 3.63) is 81.7 Å². The van der Waals surface area contributed by atoms with Crippen LogP contribution in [0.2, 0.25) is 0 Å². The van der Waals surface area contributed by atoms with Crippen molar-refractivity contribution in [2.24, 2.45) is 5.92 Å². The zero-order valence-electron chi connectivity index (χ0n) is 17.7. The summed E-state index contributed by atoms with van der Waals surface area (Å²) in [5.41, 5.74) is 2.68. The minimum Gasteiger partial charge on any atom is -0.461 e. The SMILES string of the molecule is CCc1ccc2c(COC(=O)[C@@H]3CC(=O)N([C@H](C)c4ccccc4)C3)cc(=O)oc2c1. The van der Waals surface area contributed by atoms with E-state index in [1.807, 2.05) is 62.4 Å². The first kappa shape index (κ1) is 20.8. The quantitative estimate of drug-likeness (QED) is 0.446. The fourth-order valence-corrected chi connectivity index (χ4v) is 4.06. The Morgan fingerprint density at radius 2 is 1.94 bits per heavy atom. The van der Waals surface area contributed by atoms with E-state index in [-0.39, 0.29) is 25.0 Å². The summed E-state index contributed by atoms with van der Waals surface area (Å²) < 4.78 is 10.8. The number of carbonyl (C=O) groups excluding carboxylic acids is 2. The van der Waals surface area contributed by atoms with Crippen LogP contribution in [0.3, 0.4) is 0 Å². The number of benzene rings is 2. The van der Waals surface area contributed by atoms with E-state index in [1.165, 1.54) is 6.07 Å². The Hall–Kier alpha value is -3.41. The van der Waals surface area contributed by atoms with Crippen molar-refractivity contribution in [2.75, 3.05) is 6.54 Å². The molecular weight excluding hydrogens is 394 g/mol. The van der Waals surface area contributed by atoms with Gasteiger partial charge in [0, 0.05) is 30.0 Å². The van der Waals surface area contributed by atoms with Crippen molar-refractivity contribution < 1.29 is 18.7 Å². The maximum atomic E-state index is 12.7. The molecule has 3 aromatic rings. The van der Waals surface area contributed by atoms with Gasteiger partial charge in [0.25, 0.3) is 0 Å². The van der Waals surface area contributed by atoms with Gasteiger partial charge in [0.2, 0.25) is 5.91 Å². The molecule has 1 aliphatic rings. The fraction of sp³-hybridized carbons (Fsp3) is 0.320. The van der Waals surface area contributed by atoms with E-state index >= 15 is 0 Å². The van der Waals surface area contributed by atoms with E-state index in [1.54, 1.807) is 4.90 Å². The second-order valence-corrected chi connectivity index (χ2v) is 7.92. The highest BCUT2D eigenvalue weighted by Gasteiger charge is 2.38. The molecule has 2 aromatic carbocycles. The van der Waals surface area contributed by atoms with Gasteiger partial charge in [-0.2, -0.15) is 0 Å². The van der Waals surface area contributed by atoms with Crippen LogP contribution in [0.1, 0.15) is 43.0 Å². The molecule has 1 amide bonds. The molecule has 2 atom stereocenters. The van der Waals surface area contributed by atoms with Gasteiger partial charge >= 0.3 is 11.6 Å². The molecule has 0 radical (unpaired) electrons. The van der Waals surface area contributed by atoms with Crippen molar-refractivity contribution in [3.8, 4) is 0 Å². The zero-order valence-corrected chi connectivity index (χ0v) is 17.7. The average Bonchev–Trinajstić information content (AvgIpc) is 3.18. The van der Waals surface area contributed by atoms with Crippen LogP contribution in [-0.2, 0) is 27.4 Å². The number of hydrogen-bond acceptors (Lipinski definition) is 5. The molecule has 0 unspecified atom stereocenters. The Kier molecular flexibility index (Phi) is 5.89. The van der Waals surface area contributed by atoms with Crippen LogP contribution < -0.4 is 5.63 Å². The number of nitrogens with zero attached hydrogens (tertiary/aromatic N) is 1. The van der Waals surface area contributed by atoms with Crippen LogP contribution in [0.15, 0.2) is 63.8 Å². The van der Waals surface area contributed by atoms with E-state index < -0.39 is 17.5 Å². The lowest BCUT2D eigenvalue weighted by molar-refractivity contribution is -0.149. The summed E-state index contributed by atoms with van der Waals surface area (Å²) in [4.78, 5) is 38.9. The molecule has 160 valence electrons. The molecule has 6 heteroatoms. The normalized spacial score (nSPS) is 17.2. The van der Waals surface area contributed by atoms with E-state index in [2.05, 4.69) is 0 Å². The number of ether oxygens (including phenoxy) is 1. The summed E-state index contributed by atoms with van der Waals surface area (Å²) in [6.07, 6.45) is 0.958. The summed E-state index contributed by atoms with van der Waals surface area (Å²) in [5, 5.41) is 0.742. The van der Waals surface area contributed by atoms with E-state index in [4.69, 9.17) is 9.15 Å². The summed E-state index contributed by atoms with van der Waals surface area (Å²) >= 11 is 0.